The van der Waals surface area contributed by atoms with Crippen molar-refractivity contribution < 1.29 is 9.13 Å². The SMILES string of the molecule is COc1cccc(F)c1-c1cnc(CNC2CCCC2)[nH]1. The fraction of sp³-hybridized carbons (Fsp3) is 0.438. The van der Waals surface area contributed by atoms with Gasteiger partial charge in [-0.1, -0.05) is 18.9 Å². The molecule has 1 aromatic carbocycles. The number of aromatic nitrogens is 2. The van der Waals surface area contributed by atoms with E-state index in [-0.39, 0.29) is 5.82 Å². The van der Waals surface area contributed by atoms with Crippen molar-refractivity contribution in [1.29, 1.82) is 0 Å². The number of rotatable bonds is 5. The summed E-state index contributed by atoms with van der Waals surface area (Å²) in [5, 5.41) is 3.49. The topological polar surface area (TPSA) is 49.9 Å². The summed E-state index contributed by atoms with van der Waals surface area (Å²) in [7, 11) is 1.54. The molecule has 0 saturated heterocycles. The molecule has 0 unspecified atom stereocenters. The molecule has 4 nitrogen and oxygen atoms in total. The number of methoxy groups -OCH3 is 1. The standard InChI is InChI=1S/C16H20FN3O/c1-21-14-8-4-7-12(17)16(14)13-9-19-15(20-13)10-18-11-5-2-3-6-11/h4,7-9,11,18H,2-3,5-6,10H2,1H3,(H,19,20). The third-order valence-electron chi connectivity index (χ3n) is 4.01. The molecule has 0 bridgehead atoms. The van der Waals surface area contributed by atoms with Crippen LogP contribution in [-0.2, 0) is 6.54 Å². The van der Waals surface area contributed by atoms with Gasteiger partial charge in [0.15, 0.2) is 0 Å². The lowest BCUT2D eigenvalue weighted by Gasteiger charge is -2.10. The van der Waals surface area contributed by atoms with E-state index in [4.69, 9.17) is 4.74 Å². The quantitative estimate of drug-likeness (QED) is 0.888. The first-order valence-electron chi connectivity index (χ1n) is 7.38. The van der Waals surface area contributed by atoms with E-state index in [9.17, 15) is 4.39 Å². The van der Waals surface area contributed by atoms with Crippen LogP contribution in [0.3, 0.4) is 0 Å². The Morgan fingerprint density at radius 3 is 2.95 bits per heavy atom. The van der Waals surface area contributed by atoms with Gasteiger partial charge in [-0.15, -0.1) is 0 Å². The van der Waals surface area contributed by atoms with Crippen LogP contribution in [0.1, 0.15) is 31.5 Å². The number of halogens is 1. The summed E-state index contributed by atoms with van der Waals surface area (Å²) < 4.78 is 19.2. The van der Waals surface area contributed by atoms with E-state index < -0.39 is 0 Å². The number of aromatic amines is 1. The largest absolute Gasteiger partial charge is 0.496 e. The van der Waals surface area contributed by atoms with Crippen molar-refractivity contribution >= 4 is 0 Å². The molecule has 3 rings (SSSR count). The monoisotopic (exact) mass is 289 g/mol. The molecular formula is C16H20FN3O. The first kappa shape index (κ1) is 14.1. The van der Waals surface area contributed by atoms with E-state index in [2.05, 4.69) is 15.3 Å². The molecule has 0 radical (unpaired) electrons. The molecule has 1 aliphatic carbocycles. The molecule has 5 heteroatoms. The number of hydrogen-bond acceptors (Lipinski definition) is 3. The summed E-state index contributed by atoms with van der Waals surface area (Å²) >= 11 is 0. The van der Waals surface area contributed by atoms with Gasteiger partial charge in [-0.25, -0.2) is 9.37 Å². The van der Waals surface area contributed by atoms with Crippen molar-refractivity contribution in [2.24, 2.45) is 0 Å². The molecule has 1 fully saturated rings. The molecule has 1 heterocycles. The summed E-state index contributed by atoms with van der Waals surface area (Å²) in [6.45, 7) is 0.682. The Bertz CT molecular complexity index is 605. The molecule has 2 N–H and O–H groups in total. The molecular weight excluding hydrogens is 269 g/mol. The zero-order valence-corrected chi connectivity index (χ0v) is 12.2. The highest BCUT2D eigenvalue weighted by molar-refractivity contribution is 5.67. The third kappa shape index (κ3) is 3.08. The number of imidazole rings is 1. The van der Waals surface area contributed by atoms with Crippen molar-refractivity contribution in [3.63, 3.8) is 0 Å². The second-order valence-electron chi connectivity index (χ2n) is 5.42. The van der Waals surface area contributed by atoms with Gasteiger partial charge in [0.2, 0.25) is 0 Å². The summed E-state index contributed by atoms with van der Waals surface area (Å²) in [5.74, 6) is 1.02. The van der Waals surface area contributed by atoms with Crippen LogP contribution in [0.15, 0.2) is 24.4 Å². The fourth-order valence-electron chi connectivity index (χ4n) is 2.89. The Morgan fingerprint density at radius 2 is 2.19 bits per heavy atom. The van der Waals surface area contributed by atoms with E-state index in [1.165, 1.54) is 38.9 Å². The van der Waals surface area contributed by atoms with Crippen LogP contribution in [0, 0.1) is 5.82 Å². The number of nitrogens with one attached hydrogen (secondary N) is 2. The van der Waals surface area contributed by atoms with Gasteiger partial charge < -0.3 is 15.0 Å². The van der Waals surface area contributed by atoms with Crippen LogP contribution in [-0.4, -0.2) is 23.1 Å². The van der Waals surface area contributed by atoms with E-state index in [0.29, 0.717) is 29.6 Å². The summed E-state index contributed by atoms with van der Waals surface area (Å²) in [5.41, 5.74) is 1.08. The number of ether oxygens (including phenoxy) is 1. The van der Waals surface area contributed by atoms with Crippen molar-refractivity contribution in [2.75, 3.05) is 7.11 Å². The summed E-state index contributed by atoms with van der Waals surface area (Å²) in [6.07, 6.45) is 6.72. The highest BCUT2D eigenvalue weighted by Crippen LogP contribution is 2.31. The third-order valence-corrected chi connectivity index (χ3v) is 4.01. The zero-order valence-electron chi connectivity index (χ0n) is 12.2. The fourth-order valence-corrected chi connectivity index (χ4v) is 2.89. The van der Waals surface area contributed by atoms with Gasteiger partial charge in [0.1, 0.15) is 17.4 Å². The first-order valence-corrected chi connectivity index (χ1v) is 7.38. The van der Waals surface area contributed by atoms with Crippen LogP contribution in [0.2, 0.25) is 0 Å². The average Bonchev–Trinajstić information content (AvgIpc) is 3.16. The lowest BCUT2D eigenvalue weighted by atomic mass is 10.1. The Labute approximate surface area is 123 Å². The van der Waals surface area contributed by atoms with Gasteiger partial charge in [-0.2, -0.15) is 0 Å². The van der Waals surface area contributed by atoms with Gasteiger partial charge in [0.05, 0.1) is 31.1 Å². The highest BCUT2D eigenvalue weighted by atomic mass is 19.1. The van der Waals surface area contributed by atoms with Gasteiger partial charge in [0, 0.05) is 6.04 Å². The van der Waals surface area contributed by atoms with Crippen LogP contribution in [0.4, 0.5) is 4.39 Å². The highest BCUT2D eigenvalue weighted by Gasteiger charge is 2.16. The predicted molar refractivity (Wildman–Crippen MR) is 79.6 cm³/mol. The number of benzene rings is 1. The zero-order chi connectivity index (χ0) is 14.7. The van der Waals surface area contributed by atoms with E-state index >= 15 is 0 Å². The lowest BCUT2D eigenvalue weighted by Crippen LogP contribution is -2.25. The molecule has 0 spiro atoms. The second kappa shape index (κ2) is 6.26. The smallest absolute Gasteiger partial charge is 0.136 e. The van der Waals surface area contributed by atoms with E-state index in [1.807, 2.05) is 0 Å². The van der Waals surface area contributed by atoms with Gasteiger partial charge >= 0.3 is 0 Å². The van der Waals surface area contributed by atoms with Crippen LogP contribution in [0.5, 0.6) is 5.75 Å². The normalized spacial score (nSPS) is 15.5. The second-order valence-corrected chi connectivity index (χ2v) is 5.42. The summed E-state index contributed by atoms with van der Waals surface area (Å²) in [4.78, 5) is 7.51. The minimum absolute atomic E-state index is 0.312. The van der Waals surface area contributed by atoms with Gasteiger partial charge in [0.25, 0.3) is 0 Å². The minimum atomic E-state index is -0.312. The molecule has 2 aromatic rings. The number of H-pyrrole nitrogens is 1. The van der Waals surface area contributed by atoms with Crippen molar-refractivity contribution in [3.8, 4) is 17.0 Å². The molecule has 0 amide bonds. The Balaban J connectivity index is 1.75. The molecule has 1 aromatic heterocycles. The summed E-state index contributed by atoms with van der Waals surface area (Å²) in [6, 6.07) is 5.39. The minimum Gasteiger partial charge on any atom is -0.496 e. The first-order chi connectivity index (χ1) is 10.3. The maximum Gasteiger partial charge on any atom is 0.136 e. The molecule has 0 aliphatic heterocycles. The lowest BCUT2D eigenvalue weighted by molar-refractivity contribution is 0.413. The van der Waals surface area contributed by atoms with E-state index in [0.717, 1.165) is 5.82 Å². The maximum atomic E-state index is 14.0. The predicted octanol–water partition coefficient (Wildman–Crippen LogP) is 3.26. The van der Waals surface area contributed by atoms with Gasteiger partial charge in [-0.3, -0.25) is 0 Å². The Morgan fingerprint density at radius 1 is 1.38 bits per heavy atom. The average molecular weight is 289 g/mol. The molecule has 112 valence electrons. The maximum absolute atomic E-state index is 14.0. The Hall–Kier alpha value is -1.88. The molecule has 0 atom stereocenters. The van der Waals surface area contributed by atoms with Crippen LogP contribution >= 0.6 is 0 Å². The van der Waals surface area contributed by atoms with E-state index in [1.54, 1.807) is 18.3 Å². The van der Waals surface area contributed by atoms with Crippen LogP contribution in [0.25, 0.3) is 11.3 Å². The number of hydrogen-bond donors (Lipinski definition) is 2. The van der Waals surface area contributed by atoms with Crippen molar-refractivity contribution in [2.45, 2.75) is 38.3 Å². The van der Waals surface area contributed by atoms with Crippen molar-refractivity contribution in [1.82, 2.24) is 15.3 Å². The molecule has 1 aliphatic rings. The molecule has 21 heavy (non-hydrogen) atoms. The Kier molecular flexibility index (Phi) is 4.20. The van der Waals surface area contributed by atoms with Crippen molar-refractivity contribution in [3.05, 3.63) is 36.0 Å². The van der Waals surface area contributed by atoms with Gasteiger partial charge in [-0.05, 0) is 25.0 Å². The molecule has 1 saturated carbocycles. The van der Waals surface area contributed by atoms with Crippen LogP contribution < -0.4 is 10.1 Å². The number of nitrogens with zero attached hydrogens (tertiary/aromatic N) is 1.